The number of aromatic carboxylic acids is 1. The van der Waals surface area contributed by atoms with Crippen LogP contribution in [-0.4, -0.2) is 24.2 Å². The SMILES string of the molecule is CN[C@H]1Cc2cccc(-c3sc4c(c3C(=O)O)CC(C)(C)CC4)c2C1. The molecule has 0 spiro atoms. The first-order valence-electron chi connectivity index (χ1n) is 9.06. The molecule has 0 aliphatic heterocycles. The summed E-state index contributed by atoms with van der Waals surface area (Å²) < 4.78 is 0. The second kappa shape index (κ2) is 5.96. The molecule has 1 aromatic heterocycles. The van der Waals surface area contributed by atoms with E-state index in [0.717, 1.165) is 48.1 Å². The van der Waals surface area contributed by atoms with Crippen molar-refractivity contribution in [1.82, 2.24) is 5.32 Å². The number of carboxylic acids is 1. The second-order valence-electron chi connectivity index (χ2n) is 8.19. The smallest absolute Gasteiger partial charge is 0.337 e. The number of hydrogen-bond donors (Lipinski definition) is 2. The van der Waals surface area contributed by atoms with Gasteiger partial charge in [-0.2, -0.15) is 0 Å². The van der Waals surface area contributed by atoms with Gasteiger partial charge in [0.05, 0.1) is 5.56 Å². The standard InChI is InChI=1S/C21H25NO2S/c1-21(2)8-7-17-16(11-21)18(20(23)24)19(25-17)14-6-4-5-12-9-13(22-3)10-15(12)14/h4-6,13,22H,7-11H2,1-3H3,(H,23,24)/t13-/m0/s1. The van der Waals surface area contributed by atoms with Crippen molar-refractivity contribution in [3.8, 4) is 10.4 Å². The first-order valence-corrected chi connectivity index (χ1v) is 9.87. The molecule has 0 unspecified atom stereocenters. The zero-order valence-electron chi connectivity index (χ0n) is 15.1. The van der Waals surface area contributed by atoms with Gasteiger partial charge in [-0.25, -0.2) is 4.79 Å². The van der Waals surface area contributed by atoms with E-state index in [-0.39, 0.29) is 5.41 Å². The number of aryl methyl sites for hydroxylation is 1. The van der Waals surface area contributed by atoms with E-state index in [0.29, 0.717) is 11.6 Å². The van der Waals surface area contributed by atoms with E-state index >= 15 is 0 Å². The zero-order chi connectivity index (χ0) is 17.8. The summed E-state index contributed by atoms with van der Waals surface area (Å²) >= 11 is 1.72. The van der Waals surface area contributed by atoms with Crippen LogP contribution in [0.1, 0.15) is 52.2 Å². The predicted octanol–water partition coefficient (Wildman–Crippen LogP) is 4.31. The fourth-order valence-electron chi connectivity index (χ4n) is 4.40. The molecule has 2 aromatic rings. The van der Waals surface area contributed by atoms with Crippen LogP contribution in [0, 0.1) is 5.41 Å². The molecule has 3 nitrogen and oxygen atoms in total. The summed E-state index contributed by atoms with van der Waals surface area (Å²) in [5, 5.41) is 13.4. The van der Waals surface area contributed by atoms with Crippen molar-refractivity contribution in [2.75, 3.05) is 7.05 Å². The van der Waals surface area contributed by atoms with E-state index in [1.165, 1.54) is 16.0 Å². The highest BCUT2D eigenvalue weighted by Gasteiger charge is 2.34. The lowest BCUT2D eigenvalue weighted by molar-refractivity contribution is 0.0696. The van der Waals surface area contributed by atoms with E-state index in [2.05, 4.69) is 37.4 Å². The van der Waals surface area contributed by atoms with Crippen molar-refractivity contribution < 1.29 is 9.90 Å². The van der Waals surface area contributed by atoms with Crippen molar-refractivity contribution in [3.05, 3.63) is 45.3 Å². The number of rotatable bonds is 3. The summed E-state index contributed by atoms with van der Waals surface area (Å²) in [6, 6.07) is 6.84. The van der Waals surface area contributed by atoms with Crippen molar-refractivity contribution >= 4 is 17.3 Å². The molecular formula is C21H25NO2S. The number of benzene rings is 1. The van der Waals surface area contributed by atoms with Crippen LogP contribution in [0.25, 0.3) is 10.4 Å². The molecule has 2 N–H and O–H groups in total. The lowest BCUT2D eigenvalue weighted by Crippen LogP contribution is -2.24. The molecule has 0 bridgehead atoms. The molecule has 1 heterocycles. The lowest BCUT2D eigenvalue weighted by Gasteiger charge is -2.29. The Morgan fingerprint density at radius 2 is 2.08 bits per heavy atom. The Hall–Kier alpha value is -1.65. The van der Waals surface area contributed by atoms with Crippen LogP contribution in [0.4, 0.5) is 0 Å². The molecule has 132 valence electrons. The van der Waals surface area contributed by atoms with Crippen LogP contribution in [0.15, 0.2) is 18.2 Å². The predicted molar refractivity (Wildman–Crippen MR) is 103 cm³/mol. The summed E-state index contributed by atoms with van der Waals surface area (Å²) in [5.74, 6) is -0.772. The van der Waals surface area contributed by atoms with Crippen LogP contribution < -0.4 is 5.32 Å². The second-order valence-corrected chi connectivity index (χ2v) is 9.30. The molecule has 4 rings (SSSR count). The molecule has 2 aliphatic rings. The Balaban J connectivity index is 1.87. The topological polar surface area (TPSA) is 49.3 Å². The van der Waals surface area contributed by atoms with Gasteiger partial charge in [0.15, 0.2) is 0 Å². The molecule has 0 saturated heterocycles. The molecular weight excluding hydrogens is 330 g/mol. The van der Waals surface area contributed by atoms with Crippen molar-refractivity contribution in [2.24, 2.45) is 5.41 Å². The molecule has 4 heteroatoms. The number of hydrogen-bond acceptors (Lipinski definition) is 3. The van der Waals surface area contributed by atoms with Crippen LogP contribution in [-0.2, 0) is 25.7 Å². The van der Waals surface area contributed by atoms with E-state index < -0.39 is 5.97 Å². The Morgan fingerprint density at radius 3 is 2.80 bits per heavy atom. The summed E-state index contributed by atoms with van der Waals surface area (Å²) in [7, 11) is 2.00. The zero-order valence-corrected chi connectivity index (χ0v) is 15.9. The van der Waals surface area contributed by atoms with E-state index in [4.69, 9.17) is 0 Å². The highest BCUT2D eigenvalue weighted by molar-refractivity contribution is 7.16. The van der Waals surface area contributed by atoms with E-state index in [1.54, 1.807) is 11.3 Å². The Bertz CT molecular complexity index is 850. The van der Waals surface area contributed by atoms with Gasteiger partial charge in [0.2, 0.25) is 0 Å². The van der Waals surface area contributed by atoms with Gasteiger partial charge in [-0.15, -0.1) is 11.3 Å². The molecule has 25 heavy (non-hydrogen) atoms. The number of carbonyl (C=O) groups is 1. The van der Waals surface area contributed by atoms with Crippen LogP contribution >= 0.6 is 11.3 Å². The third kappa shape index (κ3) is 2.81. The van der Waals surface area contributed by atoms with Crippen molar-refractivity contribution in [1.29, 1.82) is 0 Å². The monoisotopic (exact) mass is 355 g/mol. The van der Waals surface area contributed by atoms with Gasteiger partial charge in [-0.3, -0.25) is 0 Å². The minimum absolute atomic E-state index is 0.186. The van der Waals surface area contributed by atoms with Crippen molar-refractivity contribution in [3.63, 3.8) is 0 Å². The quantitative estimate of drug-likeness (QED) is 0.862. The first-order chi connectivity index (χ1) is 11.9. The third-order valence-corrected chi connectivity index (χ3v) is 7.16. The van der Waals surface area contributed by atoms with Gasteiger partial charge >= 0.3 is 5.97 Å². The summed E-state index contributed by atoms with van der Waals surface area (Å²) in [6.45, 7) is 4.49. The molecule has 1 aromatic carbocycles. The number of carboxylic acid groups (broad SMARTS) is 1. The Kier molecular flexibility index (Phi) is 4.00. The van der Waals surface area contributed by atoms with Crippen LogP contribution in [0.2, 0.25) is 0 Å². The normalized spacial score (nSPS) is 21.0. The number of likely N-dealkylation sites (N-methyl/N-ethyl adjacent to an activating group) is 1. The lowest BCUT2D eigenvalue weighted by atomic mass is 9.76. The van der Waals surface area contributed by atoms with Crippen molar-refractivity contribution in [2.45, 2.75) is 52.0 Å². The number of thiophene rings is 1. The Labute approximate surface area is 153 Å². The maximum absolute atomic E-state index is 12.2. The minimum Gasteiger partial charge on any atom is -0.478 e. The molecule has 0 amide bonds. The summed E-state index contributed by atoms with van der Waals surface area (Å²) in [5.41, 5.74) is 5.68. The van der Waals surface area contributed by atoms with Gasteiger partial charge in [-0.05, 0) is 66.8 Å². The van der Waals surface area contributed by atoms with E-state index in [1.807, 2.05) is 7.05 Å². The third-order valence-electron chi connectivity index (χ3n) is 5.83. The average molecular weight is 356 g/mol. The highest BCUT2D eigenvalue weighted by Crippen LogP contribution is 2.46. The van der Waals surface area contributed by atoms with Crippen LogP contribution in [0.3, 0.4) is 0 Å². The minimum atomic E-state index is -0.772. The maximum atomic E-state index is 12.2. The molecule has 1 atom stereocenters. The van der Waals surface area contributed by atoms with Gasteiger partial charge in [0.1, 0.15) is 0 Å². The number of nitrogens with one attached hydrogen (secondary N) is 1. The fourth-order valence-corrected chi connectivity index (χ4v) is 5.77. The molecule has 2 aliphatic carbocycles. The molecule has 0 radical (unpaired) electrons. The number of fused-ring (bicyclic) bond motifs is 2. The highest BCUT2D eigenvalue weighted by atomic mass is 32.1. The van der Waals surface area contributed by atoms with Gasteiger partial charge < -0.3 is 10.4 Å². The molecule has 0 saturated carbocycles. The summed E-state index contributed by atoms with van der Waals surface area (Å²) in [6.07, 6.45) is 5.01. The molecule has 0 fully saturated rings. The summed E-state index contributed by atoms with van der Waals surface area (Å²) in [4.78, 5) is 14.4. The van der Waals surface area contributed by atoms with Gasteiger partial charge in [0, 0.05) is 15.8 Å². The average Bonchev–Trinajstić information content (AvgIpc) is 3.13. The van der Waals surface area contributed by atoms with Crippen LogP contribution in [0.5, 0.6) is 0 Å². The maximum Gasteiger partial charge on any atom is 0.337 e. The first kappa shape index (κ1) is 16.8. The largest absolute Gasteiger partial charge is 0.478 e. The Morgan fingerprint density at radius 1 is 1.28 bits per heavy atom. The fraction of sp³-hybridized carbons (Fsp3) is 0.476. The van der Waals surface area contributed by atoms with E-state index in [9.17, 15) is 9.90 Å². The van der Waals surface area contributed by atoms with Gasteiger partial charge in [0.25, 0.3) is 0 Å². The van der Waals surface area contributed by atoms with Gasteiger partial charge in [-0.1, -0.05) is 32.0 Å².